The van der Waals surface area contributed by atoms with Crippen molar-refractivity contribution in [1.82, 2.24) is 19.4 Å². The molecular weight excluding hydrogens is 278 g/mol. The summed E-state index contributed by atoms with van der Waals surface area (Å²) < 4.78 is 3.72. The van der Waals surface area contributed by atoms with Gasteiger partial charge in [-0.25, -0.2) is 9.20 Å². The van der Waals surface area contributed by atoms with E-state index < -0.39 is 0 Å². The summed E-state index contributed by atoms with van der Waals surface area (Å²) in [4.78, 5) is 14.6. The Morgan fingerprint density at radius 3 is 3.14 bits per heavy atom. The van der Waals surface area contributed by atoms with Gasteiger partial charge >= 0.3 is 0 Å². The standard InChI is InChI=1S/C16H17N5O/c1-12-9-15-19(6-4-8-21(15)18-12)16(22)10-13-11-17-20-7-3-2-5-14(13)20/h2-3,5,7,9,11H,4,6,8,10H2,1H3. The Morgan fingerprint density at radius 2 is 2.23 bits per heavy atom. The van der Waals surface area contributed by atoms with Crippen LogP contribution in [0.15, 0.2) is 36.7 Å². The van der Waals surface area contributed by atoms with Crippen LogP contribution in [0.4, 0.5) is 5.82 Å². The van der Waals surface area contributed by atoms with Gasteiger partial charge in [0.2, 0.25) is 5.91 Å². The van der Waals surface area contributed by atoms with Crippen molar-refractivity contribution in [3.8, 4) is 0 Å². The summed E-state index contributed by atoms with van der Waals surface area (Å²) in [5.74, 6) is 1.00. The molecule has 22 heavy (non-hydrogen) atoms. The van der Waals surface area contributed by atoms with Gasteiger partial charge in [-0.15, -0.1) is 0 Å². The van der Waals surface area contributed by atoms with Crippen LogP contribution in [0, 0.1) is 6.92 Å². The fourth-order valence-electron chi connectivity index (χ4n) is 3.04. The van der Waals surface area contributed by atoms with Crippen molar-refractivity contribution in [3.63, 3.8) is 0 Å². The third-order valence-electron chi connectivity index (χ3n) is 4.06. The van der Waals surface area contributed by atoms with Crippen LogP contribution in [-0.2, 0) is 17.8 Å². The summed E-state index contributed by atoms with van der Waals surface area (Å²) in [6.45, 7) is 3.59. The van der Waals surface area contributed by atoms with Gasteiger partial charge in [0.1, 0.15) is 5.82 Å². The lowest BCUT2D eigenvalue weighted by Crippen LogP contribution is -2.38. The number of carbonyl (C=O) groups is 1. The lowest BCUT2D eigenvalue weighted by atomic mass is 10.1. The molecule has 0 spiro atoms. The van der Waals surface area contributed by atoms with Crippen molar-refractivity contribution in [1.29, 1.82) is 0 Å². The van der Waals surface area contributed by atoms with Gasteiger partial charge in [-0.05, 0) is 25.5 Å². The molecule has 1 aliphatic rings. The molecule has 0 atom stereocenters. The Balaban J connectivity index is 1.63. The highest BCUT2D eigenvalue weighted by Crippen LogP contribution is 2.23. The van der Waals surface area contributed by atoms with Crippen LogP contribution in [0.3, 0.4) is 0 Å². The molecule has 0 fully saturated rings. The van der Waals surface area contributed by atoms with E-state index in [2.05, 4.69) is 10.2 Å². The average Bonchev–Trinajstić information content (AvgIpc) is 3.09. The van der Waals surface area contributed by atoms with E-state index in [0.29, 0.717) is 6.42 Å². The number of anilines is 1. The molecule has 0 saturated carbocycles. The fourth-order valence-corrected chi connectivity index (χ4v) is 3.04. The molecule has 3 aromatic rings. The van der Waals surface area contributed by atoms with E-state index in [1.54, 1.807) is 10.7 Å². The monoisotopic (exact) mass is 295 g/mol. The molecule has 1 amide bonds. The van der Waals surface area contributed by atoms with E-state index in [1.165, 1.54) is 0 Å². The molecule has 6 nitrogen and oxygen atoms in total. The maximum Gasteiger partial charge on any atom is 0.232 e. The molecule has 3 aromatic heterocycles. The zero-order chi connectivity index (χ0) is 15.1. The second-order valence-corrected chi connectivity index (χ2v) is 5.64. The molecule has 0 aliphatic carbocycles. The summed E-state index contributed by atoms with van der Waals surface area (Å²) in [6.07, 6.45) is 4.97. The summed E-state index contributed by atoms with van der Waals surface area (Å²) in [6, 6.07) is 7.86. The average molecular weight is 295 g/mol. The van der Waals surface area contributed by atoms with E-state index in [1.807, 2.05) is 47.0 Å². The normalized spacial score (nSPS) is 14.3. The number of aromatic nitrogens is 4. The molecule has 0 saturated heterocycles. The van der Waals surface area contributed by atoms with Gasteiger partial charge < -0.3 is 0 Å². The van der Waals surface area contributed by atoms with Crippen LogP contribution in [-0.4, -0.2) is 31.8 Å². The predicted molar refractivity (Wildman–Crippen MR) is 82.8 cm³/mol. The number of rotatable bonds is 2. The molecule has 112 valence electrons. The van der Waals surface area contributed by atoms with Gasteiger partial charge in [-0.1, -0.05) is 6.07 Å². The first-order chi connectivity index (χ1) is 10.7. The van der Waals surface area contributed by atoms with Crippen molar-refractivity contribution >= 4 is 17.2 Å². The number of nitrogens with zero attached hydrogens (tertiary/aromatic N) is 5. The first-order valence-corrected chi connectivity index (χ1v) is 7.48. The number of hydrogen-bond acceptors (Lipinski definition) is 3. The molecule has 0 radical (unpaired) electrons. The third-order valence-corrected chi connectivity index (χ3v) is 4.06. The highest BCUT2D eigenvalue weighted by molar-refractivity contribution is 5.95. The maximum absolute atomic E-state index is 12.7. The van der Waals surface area contributed by atoms with Crippen molar-refractivity contribution in [2.75, 3.05) is 11.4 Å². The van der Waals surface area contributed by atoms with Crippen molar-refractivity contribution in [2.45, 2.75) is 26.3 Å². The highest BCUT2D eigenvalue weighted by Gasteiger charge is 2.24. The number of carbonyl (C=O) groups excluding carboxylic acids is 1. The SMILES string of the molecule is Cc1cc2n(n1)CCCN2C(=O)Cc1cnn2ccccc12. The Hall–Kier alpha value is -2.63. The zero-order valence-electron chi connectivity index (χ0n) is 12.4. The second-order valence-electron chi connectivity index (χ2n) is 5.64. The minimum Gasteiger partial charge on any atom is -0.297 e. The van der Waals surface area contributed by atoms with Gasteiger partial charge in [0.25, 0.3) is 0 Å². The molecule has 1 aliphatic heterocycles. The summed E-state index contributed by atoms with van der Waals surface area (Å²) >= 11 is 0. The Labute approximate surface area is 128 Å². The minimum atomic E-state index is 0.0969. The zero-order valence-corrected chi connectivity index (χ0v) is 12.4. The number of pyridine rings is 1. The first-order valence-electron chi connectivity index (χ1n) is 7.48. The number of fused-ring (bicyclic) bond motifs is 2. The molecule has 0 bridgehead atoms. The van der Waals surface area contributed by atoms with E-state index in [4.69, 9.17) is 0 Å². The minimum absolute atomic E-state index is 0.0969. The van der Waals surface area contributed by atoms with Gasteiger partial charge in [-0.2, -0.15) is 10.2 Å². The number of aryl methyl sites for hydroxylation is 2. The molecule has 0 unspecified atom stereocenters. The van der Waals surface area contributed by atoms with Crippen LogP contribution in [0.1, 0.15) is 17.7 Å². The first kappa shape index (κ1) is 13.1. The summed E-state index contributed by atoms with van der Waals surface area (Å²) in [5, 5.41) is 8.73. The van der Waals surface area contributed by atoms with Gasteiger partial charge in [0.05, 0.1) is 23.8 Å². The number of hydrogen-bond donors (Lipinski definition) is 0. The smallest absolute Gasteiger partial charge is 0.232 e. The molecule has 6 heteroatoms. The van der Waals surface area contributed by atoms with Crippen LogP contribution in [0.2, 0.25) is 0 Å². The quantitative estimate of drug-likeness (QED) is 0.724. The van der Waals surface area contributed by atoms with Gasteiger partial charge in [-0.3, -0.25) is 9.69 Å². The summed E-state index contributed by atoms with van der Waals surface area (Å²) in [5.41, 5.74) is 2.89. The van der Waals surface area contributed by atoms with E-state index in [9.17, 15) is 4.79 Å². The molecule has 4 rings (SSSR count). The van der Waals surface area contributed by atoms with Crippen LogP contribution in [0.5, 0.6) is 0 Å². The largest absolute Gasteiger partial charge is 0.297 e. The van der Waals surface area contributed by atoms with Gasteiger partial charge in [0.15, 0.2) is 0 Å². The van der Waals surface area contributed by atoms with Crippen molar-refractivity contribution in [3.05, 3.63) is 47.9 Å². The van der Waals surface area contributed by atoms with E-state index in [0.717, 1.165) is 42.1 Å². The Morgan fingerprint density at radius 1 is 1.32 bits per heavy atom. The van der Waals surface area contributed by atoms with Crippen LogP contribution < -0.4 is 4.90 Å². The van der Waals surface area contributed by atoms with Gasteiger partial charge in [0, 0.05) is 30.9 Å². The lowest BCUT2D eigenvalue weighted by Gasteiger charge is -2.27. The Bertz CT molecular complexity index is 847. The second kappa shape index (κ2) is 4.98. The Kier molecular flexibility index (Phi) is 2.96. The third kappa shape index (κ3) is 2.07. The van der Waals surface area contributed by atoms with Crippen molar-refractivity contribution < 1.29 is 4.79 Å². The predicted octanol–water partition coefficient (Wildman–Crippen LogP) is 1.82. The molecule has 0 aromatic carbocycles. The molecule has 0 N–H and O–H groups in total. The molecular formula is C16H17N5O. The fraction of sp³-hybridized carbons (Fsp3) is 0.312. The topological polar surface area (TPSA) is 55.4 Å². The number of amides is 1. The molecule has 4 heterocycles. The maximum atomic E-state index is 12.7. The van der Waals surface area contributed by atoms with E-state index >= 15 is 0 Å². The van der Waals surface area contributed by atoms with Crippen LogP contribution in [0.25, 0.3) is 5.52 Å². The van der Waals surface area contributed by atoms with Crippen molar-refractivity contribution in [2.24, 2.45) is 0 Å². The van der Waals surface area contributed by atoms with Crippen LogP contribution >= 0.6 is 0 Å². The lowest BCUT2D eigenvalue weighted by molar-refractivity contribution is -0.118. The van der Waals surface area contributed by atoms with E-state index in [-0.39, 0.29) is 5.91 Å². The highest BCUT2D eigenvalue weighted by atomic mass is 16.2. The summed E-state index contributed by atoms with van der Waals surface area (Å²) in [7, 11) is 0.